The number of amides is 1. The van der Waals surface area contributed by atoms with Crippen molar-refractivity contribution >= 4 is 11.7 Å². The maximum atomic E-state index is 10.9. The highest BCUT2D eigenvalue weighted by Gasteiger charge is 1.95. The quantitative estimate of drug-likeness (QED) is 0.661. The van der Waals surface area contributed by atoms with E-state index in [4.69, 9.17) is 0 Å². The Morgan fingerprint density at radius 1 is 1.58 bits per heavy atom. The summed E-state index contributed by atoms with van der Waals surface area (Å²) >= 11 is 0. The van der Waals surface area contributed by atoms with E-state index < -0.39 is 0 Å². The monoisotopic (exact) mass is 163 g/mol. The van der Waals surface area contributed by atoms with E-state index in [-0.39, 0.29) is 5.91 Å². The molecule has 1 rings (SSSR count). The lowest BCUT2D eigenvalue weighted by Crippen LogP contribution is -2.08. The fourth-order valence-electron chi connectivity index (χ4n) is 0.683. The van der Waals surface area contributed by atoms with E-state index in [0.29, 0.717) is 5.82 Å². The van der Waals surface area contributed by atoms with Crippen LogP contribution in [0.3, 0.4) is 0 Å². The van der Waals surface area contributed by atoms with Crippen molar-refractivity contribution in [2.75, 3.05) is 5.32 Å². The molecule has 1 amide bonds. The molecule has 1 aromatic heterocycles. The van der Waals surface area contributed by atoms with Crippen LogP contribution < -0.4 is 5.32 Å². The first kappa shape index (κ1) is 8.39. The van der Waals surface area contributed by atoms with Gasteiger partial charge in [-0.15, -0.1) is 0 Å². The number of hydrogen-bond donors (Lipinski definition) is 1. The highest BCUT2D eigenvalue weighted by Crippen LogP contribution is 1.96. The lowest BCUT2D eigenvalue weighted by Gasteiger charge is -1.97. The van der Waals surface area contributed by atoms with E-state index in [1.165, 1.54) is 18.5 Å². The van der Waals surface area contributed by atoms with Gasteiger partial charge in [0.1, 0.15) is 0 Å². The van der Waals surface area contributed by atoms with Gasteiger partial charge >= 0.3 is 0 Å². The molecule has 4 heteroatoms. The van der Waals surface area contributed by atoms with Crippen molar-refractivity contribution in [1.82, 2.24) is 9.97 Å². The van der Waals surface area contributed by atoms with E-state index in [0.717, 1.165) is 0 Å². The van der Waals surface area contributed by atoms with E-state index in [1.54, 1.807) is 19.2 Å². The normalized spacial score (nSPS) is 10.1. The molecule has 0 aliphatic carbocycles. The number of aromatic nitrogens is 2. The van der Waals surface area contributed by atoms with Crippen LogP contribution in [0.4, 0.5) is 5.82 Å². The summed E-state index contributed by atoms with van der Waals surface area (Å²) in [6.45, 7) is 1.77. The average molecular weight is 163 g/mol. The summed E-state index contributed by atoms with van der Waals surface area (Å²) < 4.78 is 0. The summed E-state index contributed by atoms with van der Waals surface area (Å²) in [7, 11) is 0. The fraction of sp³-hybridized carbons (Fsp3) is 0.125. The number of anilines is 1. The molecule has 0 atom stereocenters. The minimum absolute atomic E-state index is 0.196. The van der Waals surface area contributed by atoms with Crippen LogP contribution in [0, 0.1) is 0 Å². The standard InChI is InChI=1S/C8H9N3O/c1-2-3-8(12)11-7-6-9-4-5-10-7/h2-6H,1H3,(H,10,11,12)/b3-2+. The summed E-state index contributed by atoms with van der Waals surface area (Å²) in [4.78, 5) is 18.6. The van der Waals surface area contributed by atoms with Crippen molar-refractivity contribution in [3.05, 3.63) is 30.7 Å². The number of carbonyl (C=O) groups is 1. The smallest absolute Gasteiger partial charge is 0.249 e. The first-order chi connectivity index (χ1) is 5.83. The third kappa shape index (κ3) is 2.49. The maximum absolute atomic E-state index is 10.9. The van der Waals surface area contributed by atoms with Crippen LogP contribution >= 0.6 is 0 Å². The number of rotatable bonds is 2. The van der Waals surface area contributed by atoms with E-state index >= 15 is 0 Å². The fourth-order valence-corrected chi connectivity index (χ4v) is 0.683. The molecule has 0 fully saturated rings. The van der Waals surface area contributed by atoms with Crippen molar-refractivity contribution in [2.45, 2.75) is 6.92 Å². The summed E-state index contributed by atoms with van der Waals surface area (Å²) in [6, 6.07) is 0. The SMILES string of the molecule is C/C=C/C(=O)Nc1cnccn1. The van der Waals surface area contributed by atoms with Gasteiger partial charge in [0.05, 0.1) is 6.20 Å². The second kappa shape index (κ2) is 4.23. The topological polar surface area (TPSA) is 54.9 Å². The van der Waals surface area contributed by atoms with Gasteiger partial charge in [-0.2, -0.15) is 0 Å². The Kier molecular flexibility index (Phi) is 2.95. The van der Waals surface area contributed by atoms with Crippen LogP contribution in [-0.4, -0.2) is 15.9 Å². The highest BCUT2D eigenvalue weighted by molar-refractivity contribution is 5.98. The third-order valence-electron chi connectivity index (χ3n) is 1.13. The molecule has 4 nitrogen and oxygen atoms in total. The molecule has 0 aliphatic heterocycles. The van der Waals surface area contributed by atoms with Gasteiger partial charge in [0, 0.05) is 12.4 Å². The van der Waals surface area contributed by atoms with Gasteiger partial charge in [-0.1, -0.05) is 6.08 Å². The molecule has 1 aromatic rings. The average Bonchev–Trinajstić information content (AvgIpc) is 2.06. The van der Waals surface area contributed by atoms with Crippen LogP contribution in [-0.2, 0) is 4.79 Å². The Labute approximate surface area is 70.4 Å². The first-order valence-corrected chi connectivity index (χ1v) is 3.52. The van der Waals surface area contributed by atoms with Gasteiger partial charge < -0.3 is 5.32 Å². The van der Waals surface area contributed by atoms with E-state index in [2.05, 4.69) is 15.3 Å². The zero-order valence-electron chi connectivity index (χ0n) is 6.69. The molecule has 0 aliphatic rings. The Hall–Kier alpha value is -1.71. The number of nitrogens with zero attached hydrogens (tertiary/aromatic N) is 2. The Balaban J connectivity index is 2.59. The van der Waals surface area contributed by atoms with Crippen molar-refractivity contribution < 1.29 is 4.79 Å². The number of carbonyl (C=O) groups excluding carboxylic acids is 1. The first-order valence-electron chi connectivity index (χ1n) is 3.52. The van der Waals surface area contributed by atoms with Crippen molar-refractivity contribution in [3.8, 4) is 0 Å². The molecule has 0 saturated heterocycles. The molecule has 1 heterocycles. The molecule has 1 N–H and O–H groups in total. The van der Waals surface area contributed by atoms with Crippen LogP contribution in [0.15, 0.2) is 30.7 Å². The Bertz CT molecular complexity index is 282. The molecule has 0 saturated carbocycles. The molecule has 62 valence electrons. The number of nitrogens with one attached hydrogen (secondary N) is 1. The number of hydrogen-bond acceptors (Lipinski definition) is 3. The largest absolute Gasteiger partial charge is 0.306 e. The molecule has 0 unspecified atom stereocenters. The highest BCUT2D eigenvalue weighted by atomic mass is 16.1. The van der Waals surface area contributed by atoms with Crippen molar-refractivity contribution in [1.29, 1.82) is 0 Å². The van der Waals surface area contributed by atoms with E-state index in [9.17, 15) is 4.79 Å². The third-order valence-corrected chi connectivity index (χ3v) is 1.13. The lowest BCUT2D eigenvalue weighted by molar-refractivity contribution is -0.111. The second-order valence-electron chi connectivity index (χ2n) is 2.08. The van der Waals surface area contributed by atoms with Crippen molar-refractivity contribution in [2.24, 2.45) is 0 Å². The minimum Gasteiger partial charge on any atom is -0.306 e. The summed E-state index contributed by atoms with van der Waals surface area (Å²) in [5.41, 5.74) is 0. The molecule has 0 aromatic carbocycles. The zero-order chi connectivity index (χ0) is 8.81. The predicted octanol–water partition coefficient (Wildman–Crippen LogP) is 0.991. The lowest BCUT2D eigenvalue weighted by atomic mass is 10.5. The maximum Gasteiger partial charge on any atom is 0.249 e. The summed E-state index contributed by atoms with van der Waals surface area (Å²) in [5.74, 6) is 0.263. The Morgan fingerprint density at radius 3 is 3.00 bits per heavy atom. The zero-order valence-corrected chi connectivity index (χ0v) is 6.69. The van der Waals surface area contributed by atoms with Gasteiger partial charge in [0.2, 0.25) is 5.91 Å². The Morgan fingerprint density at radius 2 is 2.42 bits per heavy atom. The van der Waals surface area contributed by atoms with Gasteiger partial charge in [0.25, 0.3) is 0 Å². The molecule has 0 spiro atoms. The van der Waals surface area contributed by atoms with Gasteiger partial charge in [0.15, 0.2) is 5.82 Å². The number of allylic oxidation sites excluding steroid dienone is 1. The van der Waals surface area contributed by atoms with Crippen LogP contribution in [0.25, 0.3) is 0 Å². The van der Waals surface area contributed by atoms with Gasteiger partial charge in [-0.3, -0.25) is 9.78 Å². The van der Waals surface area contributed by atoms with Gasteiger partial charge in [-0.05, 0) is 13.0 Å². The van der Waals surface area contributed by atoms with E-state index in [1.807, 2.05) is 0 Å². The summed E-state index contributed by atoms with van der Waals surface area (Å²) in [5, 5.41) is 2.54. The molecule has 0 radical (unpaired) electrons. The van der Waals surface area contributed by atoms with Crippen LogP contribution in [0.2, 0.25) is 0 Å². The summed E-state index contributed by atoms with van der Waals surface area (Å²) in [6.07, 6.45) is 7.64. The minimum atomic E-state index is -0.196. The molecule has 0 bridgehead atoms. The van der Waals surface area contributed by atoms with Crippen LogP contribution in [0.5, 0.6) is 0 Å². The molecular formula is C8H9N3O. The van der Waals surface area contributed by atoms with Gasteiger partial charge in [-0.25, -0.2) is 4.98 Å². The predicted molar refractivity (Wildman–Crippen MR) is 45.5 cm³/mol. The molecular weight excluding hydrogens is 154 g/mol. The van der Waals surface area contributed by atoms with Crippen molar-refractivity contribution in [3.63, 3.8) is 0 Å². The second-order valence-corrected chi connectivity index (χ2v) is 2.08. The van der Waals surface area contributed by atoms with Crippen LogP contribution in [0.1, 0.15) is 6.92 Å². The molecule has 12 heavy (non-hydrogen) atoms.